The maximum absolute atomic E-state index is 13.4. The summed E-state index contributed by atoms with van der Waals surface area (Å²) in [7, 11) is 0. The van der Waals surface area contributed by atoms with E-state index in [1.54, 1.807) is 0 Å². The van der Waals surface area contributed by atoms with E-state index in [1.165, 1.54) is 0 Å². The molecule has 5 aliphatic rings. The van der Waals surface area contributed by atoms with Gasteiger partial charge in [-0.3, -0.25) is 4.79 Å². The van der Waals surface area contributed by atoms with Crippen LogP contribution in [0.1, 0.15) is 143 Å². The Bertz CT molecular complexity index is 1620. The molecule has 5 heterocycles. The first-order valence-corrected chi connectivity index (χ1v) is 26.3. The fourth-order valence-corrected chi connectivity index (χ4v) is 12.1. The Morgan fingerprint density at radius 1 is 0.424 bits per heavy atom. The highest BCUT2D eigenvalue weighted by atomic mass is 16.7. The standard InChI is InChI=1S/C54H91NO11/c1-17-40-30(8)31(9)49(50(58-40)55-45(56)27-57-39-25-23-22-24-26-39)66-54-38(16)48(35(13)44(21-5)62-54)65-53-37(15)47(34(12)43(20-4)61-53)64-52-36(14)46(33(11)42(19-3)60-52)63-51-32(10)28(6)29(7)41(18-2)59-51/h22-26,28-38,40-44,46-54H,17-21,27H2,1-16H3,(H,55,56)/t28-,29+,30+,31-,32?,33-,34-,35-,36?,37?,38?,40?,41?,42?,43?,44?,46-,47-,48-,49?,50?,51-,52-,53-,54-/m0/s1. The molecule has 6 rings (SSSR count). The summed E-state index contributed by atoms with van der Waals surface area (Å²) >= 11 is 0. The number of amides is 1. The number of rotatable bonds is 17. The summed E-state index contributed by atoms with van der Waals surface area (Å²) in [5.74, 6) is 1.90. The third-order valence-electron chi connectivity index (χ3n) is 17.2. The zero-order valence-corrected chi connectivity index (χ0v) is 43.6. The summed E-state index contributed by atoms with van der Waals surface area (Å²) in [6.07, 6.45) is 0.660. The molecule has 0 aromatic heterocycles. The molecule has 12 nitrogen and oxygen atoms in total. The molecule has 378 valence electrons. The molecule has 0 spiro atoms. The first-order chi connectivity index (χ1) is 31.5. The van der Waals surface area contributed by atoms with E-state index >= 15 is 0 Å². The molecule has 5 fully saturated rings. The second-order valence-electron chi connectivity index (χ2n) is 21.3. The van der Waals surface area contributed by atoms with Crippen molar-refractivity contribution in [3.05, 3.63) is 30.3 Å². The van der Waals surface area contributed by atoms with E-state index in [-0.39, 0.29) is 121 Å². The molecule has 1 amide bonds. The smallest absolute Gasteiger partial charge is 0.259 e. The van der Waals surface area contributed by atoms with E-state index in [0.717, 1.165) is 32.1 Å². The Balaban J connectivity index is 1.18. The number of hydrogen-bond donors (Lipinski definition) is 1. The minimum absolute atomic E-state index is 0.0107. The van der Waals surface area contributed by atoms with Crippen molar-refractivity contribution in [3.8, 4) is 5.75 Å². The molecule has 0 aliphatic carbocycles. The van der Waals surface area contributed by atoms with Gasteiger partial charge < -0.3 is 52.7 Å². The number of benzene rings is 1. The number of carbonyl (C=O) groups is 1. The van der Waals surface area contributed by atoms with Crippen molar-refractivity contribution in [3.63, 3.8) is 0 Å². The Morgan fingerprint density at radius 2 is 0.773 bits per heavy atom. The normalized spacial score (nSPS) is 46.7. The quantitative estimate of drug-likeness (QED) is 0.161. The highest BCUT2D eigenvalue weighted by Gasteiger charge is 2.53. The van der Waals surface area contributed by atoms with Crippen LogP contribution in [0.15, 0.2) is 30.3 Å². The zero-order valence-electron chi connectivity index (χ0n) is 43.6. The Kier molecular flexibility index (Phi) is 19.3. The third-order valence-corrected chi connectivity index (χ3v) is 17.2. The van der Waals surface area contributed by atoms with Gasteiger partial charge in [-0.1, -0.05) is 129 Å². The summed E-state index contributed by atoms with van der Waals surface area (Å²) in [5.41, 5.74) is 0. The largest absolute Gasteiger partial charge is 0.484 e. The van der Waals surface area contributed by atoms with E-state index in [4.69, 9.17) is 47.4 Å². The second-order valence-corrected chi connectivity index (χ2v) is 21.3. The first kappa shape index (κ1) is 53.5. The van der Waals surface area contributed by atoms with Crippen molar-refractivity contribution in [1.29, 1.82) is 0 Å². The molecular weight excluding hydrogens is 839 g/mol. The Morgan fingerprint density at radius 3 is 1.18 bits per heavy atom. The number of carbonyl (C=O) groups excluding carboxylic acids is 1. The van der Waals surface area contributed by atoms with Crippen LogP contribution < -0.4 is 10.1 Å². The SMILES string of the molecule is CCC1OC(NC(=O)COc2ccccc2)C(O[C@@H]2OC(CC)[C@H](C)[C@H](O[C@@H]3OC(CC)[C@H](C)[C@H](O[C@@H]4OC(CC)[C@H](C)[C@H](O[C@@H]5OC(CC)[C@H](C)[C@H](C)C5C)C4C)C3C)C2C)[C@@H](C)[C@H]1C. The van der Waals surface area contributed by atoms with E-state index in [2.05, 4.69) is 116 Å². The van der Waals surface area contributed by atoms with Gasteiger partial charge in [-0.2, -0.15) is 0 Å². The van der Waals surface area contributed by atoms with Crippen molar-refractivity contribution < 1.29 is 52.2 Å². The Labute approximate surface area is 399 Å². The van der Waals surface area contributed by atoms with Crippen LogP contribution in [0.2, 0.25) is 0 Å². The van der Waals surface area contributed by atoms with Gasteiger partial charge in [0.1, 0.15) is 11.9 Å². The minimum Gasteiger partial charge on any atom is -0.484 e. The van der Waals surface area contributed by atoms with Crippen LogP contribution in [0, 0.1) is 65.1 Å². The molecule has 12 heteroatoms. The molecule has 5 saturated heterocycles. The maximum atomic E-state index is 13.4. The molecule has 0 bridgehead atoms. The number of hydrogen-bond acceptors (Lipinski definition) is 11. The second kappa shape index (κ2) is 23.8. The van der Waals surface area contributed by atoms with Crippen molar-refractivity contribution in [2.75, 3.05) is 6.61 Å². The lowest BCUT2D eigenvalue weighted by molar-refractivity contribution is -0.362. The lowest BCUT2D eigenvalue weighted by atomic mass is 9.78. The van der Waals surface area contributed by atoms with Crippen molar-refractivity contribution in [2.45, 2.75) is 229 Å². The van der Waals surface area contributed by atoms with Gasteiger partial charge >= 0.3 is 0 Å². The van der Waals surface area contributed by atoms with Gasteiger partial charge in [0.2, 0.25) is 0 Å². The molecule has 66 heavy (non-hydrogen) atoms. The average Bonchev–Trinajstić information content (AvgIpc) is 3.31. The van der Waals surface area contributed by atoms with E-state index in [9.17, 15) is 4.79 Å². The van der Waals surface area contributed by atoms with E-state index < -0.39 is 31.2 Å². The molecule has 0 radical (unpaired) electrons. The average molecular weight is 930 g/mol. The molecule has 1 aromatic rings. The van der Waals surface area contributed by atoms with Gasteiger partial charge in [0.25, 0.3) is 5.91 Å². The minimum atomic E-state index is -0.683. The van der Waals surface area contributed by atoms with Crippen LogP contribution in [-0.2, 0) is 47.4 Å². The van der Waals surface area contributed by atoms with Crippen LogP contribution >= 0.6 is 0 Å². The fraction of sp³-hybridized carbons (Fsp3) is 0.870. The van der Waals surface area contributed by atoms with E-state index in [0.29, 0.717) is 17.6 Å². The van der Waals surface area contributed by atoms with Gasteiger partial charge in [0, 0.05) is 41.4 Å². The Hall–Kier alpha value is -1.87. The zero-order chi connectivity index (χ0) is 48.1. The molecule has 5 aliphatic heterocycles. The number of para-hydroxylation sites is 1. The lowest BCUT2D eigenvalue weighted by Gasteiger charge is -2.52. The van der Waals surface area contributed by atoms with Gasteiger partial charge in [0.05, 0.1) is 48.8 Å². The number of ether oxygens (including phenoxy) is 10. The predicted octanol–water partition coefficient (Wildman–Crippen LogP) is 10.4. The summed E-state index contributed by atoms with van der Waals surface area (Å²) < 4.78 is 68.4. The summed E-state index contributed by atoms with van der Waals surface area (Å²) in [6.45, 7) is 35.3. The highest BCUT2D eigenvalue weighted by molar-refractivity contribution is 5.77. The highest BCUT2D eigenvalue weighted by Crippen LogP contribution is 2.45. The summed E-state index contributed by atoms with van der Waals surface area (Å²) in [4.78, 5) is 13.4. The number of nitrogens with one attached hydrogen (secondary N) is 1. The summed E-state index contributed by atoms with van der Waals surface area (Å²) in [6, 6.07) is 9.35. The molecule has 0 saturated carbocycles. The molecule has 1 N–H and O–H groups in total. The third kappa shape index (κ3) is 11.7. The van der Waals surface area contributed by atoms with Crippen molar-refractivity contribution in [2.24, 2.45) is 65.1 Å². The van der Waals surface area contributed by atoms with Crippen molar-refractivity contribution >= 4 is 5.91 Å². The molecular formula is C54H91NO11. The van der Waals surface area contributed by atoms with Crippen LogP contribution in [0.25, 0.3) is 0 Å². The topological polar surface area (TPSA) is 121 Å². The van der Waals surface area contributed by atoms with Crippen LogP contribution in [-0.4, -0.2) is 98.8 Å². The van der Waals surface area contributed by atoms with Gasteiger partial charge in [-0.25, -0.2) is 0 Å². The monoisotopic (exact) mass is 930 g/mol. The van der Waals surface area contributed by atoms with Gasteiger partial charge in [0.15, 0.2) is 38.0 Å². The first-order valence-electron chi connectivity index (χ1n) is 26.3. The fourth-order valence-electron chi connectivity index (χ4n) is 12.1. The molecule has 11 unspecified atom stereocenters. The molecule has 1 aromatic carbocycles. The molecule has 25 atom stereocenters. The van der Waals surface area contributed by atoms with Crippen LogP contribution in [0.5, 0.6) is 5.75 Å². The van der Waals surface area contributed by atoms with Crippen molar-refractivity contribution in [1.82, 2.24) is 5.32 Å². The van der Waals surface area contributed by atoms with Crippen LogP contribution in [0.4, 0.5) is 0 Å². The maximum Gasteiger partial charge on any atom is 0.259 e. The van der Waals surface area contributed by atoms with E-state index in [1.807, 2.05) is 30.3 Å². The van der Waals surface area contributed by atoms with Gasteiger partial charge in [-0.05, 0) is 67.9 Å². The lowest BCUT2D eigenvalue weighted by Crippen LogP contribution is -2.61. The van der Waals surface area contributed by atoms with Crippen LogP contribution in [0.3, 0.4) is 0 Å². The van der Waals surface area contributed by atoms with Gasteiger partial charge in [-0.15, -0.1) is 0 Å². The summed E-state index contributed by atoms with van der Waals surface area (Å²) in [5, 5.41) is 3.12. The predicted molar refractivity (Wildman–Crippen MR) is 255 cm³/mol.